The summed E-state index contributed by atoms with van der Waals surface area (Å²) in [6.07, 6.45) is 2.44. The molecule has 3 heterocycles. The van der Waals surface area contributed by atoms with Gasteiger partial charge in [0.05, 0.1) is 12.3 Å². The van der Waals surface area contributed by atoms with Gasteiger partial charge in [-0.2, -0.15) is 0 Å². The molecule has 0 radical (unpaired) electrons. The van der Waals surface area contributed by atoms with Crippen LogP contribution in [0.25, 0.3) is 0 Å². The van der Waals surface area contributed by atoms with Crippen molar-refractivity contribution in [1.82, 2.24) is 15.5 Å². The molecule has 33 heavy (non-hydrogen) atoms. The zero-order valence-corrected chi connectivity index (χ0v) is 20.3. The number of thiophene rings is 1. The summed E-state index contributed by atoms with van der Waals surface area (Å²) in [5, 5.41) is 8.71. The normalized spacial score (nSPS) is 15.6. The predicted octanol–water partition coefficient (Wildman–Crippen LogP) is 4.66. The molecule has 4 rings (SSSR count). The number of nitrogens with zero attached hydrogens (tertiary/aromatic N) is 1. The number of hydrogen-bond donors (Lipinski definition) is 2. The Morgan fingerprint density at radius 3 is 2.67 bits per heavy atom. The van der Waals surface area contributed by atoms with E-state index in [9.17, 15) is 9.59 Å². The molecule has 174 valence electrons. The Balaban J connectivity index is 1.47. The molecule has 0 aliphatic carbocycles. The maximum atomic E-state index is 13.1. The second-order valence-electron chi connectivity index (χ2n) is 8.57. The summed E-state index contributed by atoms with van der Waals surface area (Å²) in [4.78, 5) is 29.4. The molecule has 1 aliphatic rings. The third-order valence-corrected chi connectivity index (χ3v) is 7.26. The van der Waals surface area contributed by atoms with Gasteiger partial charge in [-0.15, -0.1) is 11.3 Å². The van der Waals surface area contributed by atoms with E-state index < -0.39 is 11.9 Å². The second-order valence-corrected chi connectivity index (χ2v) is 10.0. The minimum atomic E-state index is -0.668. The summed E-state index contributed by atoms with van der Waals surface area (Å²) in [5.41, 5.74) is 2.45. The van der Waals surface area contributed by atoms with Gasteiger partial charge in [0, 0.05) is 29.5 Å². The van der Waals surface area contributed by atoms with E-state index in [1.165, 1.54) is 16.7 Å². The Labute approximate surface area is 202 Å². The van der Waals surface area contributed by atoms with Crippen molar-refractivity contribution in [1.29, 1.82) is 0 Å². The second kappa shape index (κ2) is 10.5. The van der Waals surface area contributed by atoms with Crippen LogP contribution in [0.3, 0.4) is 0 Å². The lowest BCUT2D eigenvalue weighted by Crippen LogP contribution is -2.51. The van der Waals surface area contributed by atoms with Gasteiger partial charge in [0.2, 0.25) is 5.91 Å². The number of rotatable bonds is 8. The summed E-state index contributed by atoms with van der Waals surface area (Å²) in [6, 6.07) is 12.5. The average Bonchev–Trinajstić information content (AvgIpc) is 3.50. The predicted molar refractivity (Wildman–Crippen MR) is 130 cm³/mol. The van der Waals surface area contributed by atoms with E-state index in [0.717, 1.165) is 25.1 Å². The van der Waals surface area contributed by atoms with Crippen LogP contribution < -0.4 is 10.6 Å². The van der Waals surface area contributed by atoms with Crippen LogP contribution in [0.15, 0.2) is 58.5 Å². The molecule has 2 N–H and O–H groups in total. The van der Waals surface area contributed by atoms with E-state index in [-0.39, 0.29) is 23.6 Å². The highest BCUT2D eigenvalue weighted by molar-refractivity contribution is 7.10. The van der Waals surface area contributed by atoms with Gasteiger partial charge in [-0.05, 0) is 59.2 Å². The van der Waals surface area contributed by atoms with E-state index in [1.807, 2.05) is 38.1 Å². The lowest BCUT2D eigenvalue weighted by Gasteiger charge is -2.35. The van der Waals surface area contributed by atoms with Crippen LogP contribution in [0.2, 0.25) is 5.02 Å². The van der Waals surface area contributed by atoms with Gasteiger partial charge in [0.25, 0.3) is 5.91 Å². The summed E-state index contributed by atoms with van der Waals surface area (Å²) in [6.45, 7) is 6.00. The number of hydrogen-bond acceptors (Lipinski definition) is 5. The van der Waals surface area contributed by atoms with Crippen LogP contribution in [0.4, 0.5) is 0 Å². The van der Waals surface area contributed by atoms with E-state index in [1.54, 1.807) is 23.5 Å². The van der Waals surface area contributed by atoms with Crippen LogP contribution in [-0.2, 0) is 17.8 Å². The molecular formula is C25H28ClN3O3S. The minimum absolute atomic E-state index is 0.00662. The largest absolute Gasteiger partial charge is 0.459 e. The van der Waals surface area contributed by atoms with Gasteiger partial charge in [-0.1, -0.05) is 37.6 Å². The van der Waals surface area contributed by atoms with Crippen molar-refractivity contribution in [2.75, 3.05) is 13.1 Å². The lowest BCUT2D eigenvalue weighted by atomic mass is 10.00. The molecule has 0 fully saturated rings. The Kier molecular flexibility index (Phi) is 7.53. The highest BCUT2D eigenvalue weighted by atomic mass is 35.5. The standard InChI is InChI=1S/C25H28ClN3O3S/c1-16(2)23(28-24(30)21-4-3-12-32-21)25(31)27-14-20(17-5-7-19(26)8-6-17)29-11-9-22-18(15-29)10-13-33-22/h3-8,10,12-13,16,20,23H,9,11,14-15H2,1-2H3,(H,27,31)(H,28,30). The Morgan fingerprint density at radius 1 is 1.18 bits per heavy atom. The highest BCUT2D eigenvalue weighted by Crippen LogP contribution is 2.30. The Bertz CT molecular complexity index is 1080. The van der Waals surface area contributed by atoms with Gasteiger partial charge in [-0.3, -0.25) is 14.5 Å². The number of benzene rings is 1. The third kappa shape index (κ3) is 5.66. The maximum Gasteiger partial charge on any atom is 0.287 e. The number of amides is 2. The Hall–Kier alpha value is -2.61. The number of furan rings is 1. The fraction of sp³-hybridized carbons (Fsp3) is 0.360. The molecule has 0 bridgehead atoms. The first-order valence-electron chi connectivity index (χ1n) is 11.1. The molecule has 1 aromatic carbocycles. The van der Waals surface area contributed by atoms with E-state index in [0.29, 0.717) is 11.6 Å². The van der Waals surface area contributed by atoms with Gasteiger partial charge in [0.1, 0.15) is 6.04 Å². The Morgan fingerprint density at radius 2 is 1.97 bits per heavy atom. The minimum Gasteiger partial charge on any atom is -0.459 e. The topological polar surface area (TPSA) is 74.6 Å². The van der Waals surface area contributed by atoms with Crippen LogP contribution in [-0.4, -0.2) is 35.8 Å². The molecule has 2 atom stereocenters. The van der Waals surface area contributed by atoms with Gasteiger partial charge < -0.3 is 15.1 Å². The molecule has 2 amide bonds. The van der Waals surface area contributed by atoms with Crippen LogP contribution in [0.1, 0.15) is 46.4 Å². The SMILES string of the molecule is CC(C)C(NC(=O)c1ccco1)C(=O)NCC(c1ccc(Cl)cc1)N1CCc2sccc2C1. The molecule has 6 nitrogen and oxygen atoms in total. The van der Waals surface area contributed by atoms with Crippen LogP contribution in [0, 0.1) is 5.92 Å². The molecule has 3 aromatic rings. The highest BCUT2D eigenvalue weighted by Gasteiger charge is 2.29. The fourth-order valence-corrected chi connectivity index (χ4v) is 5.16. The number of halogens is 1. The van der Waals surface area contributed by atoms with Crippen molar-refractivity contribution in [2.24, 2.45) is 5.92 Å². The molecule has 0 saturated heterocycles. The number of carbonyl (C=O) groups excluding carboxylic acids is 2. The maximum absolute atomic E-state index is 13.1. The molecule has 1 aliphatic heterocycles. The zero-order valence-electron chi connectivity index (χ0n) is 18.7. The lowest BCUT2D eigenvalue weighted by molar-refractivity contribution is -0.124. The third-order valence-electron chi connectivity index (χ3n) is 5.98. The first kappa shape index (κ1) is 23.5. The summed E-state index contributed by atoms with van der Waals surface area (Å²) in [7, 11) is 0. The number of nitrogens with one attached hydrogen (secondary N) is 2. The van der Waals surface area contributed by atoms with Crippen molar-refractivity contribution in [3.05, 3.63) is 80.9 Å². The van der Waals surface area contributed by atoms with Crippen LogP contribution >= 0.6 is 22.9 Å². The molecular weight excluding hydrogens is 458 g/mol. The molecule has 0 spiro atoms. The summed E-state index contributed by atoms with van der Waals surface area (Å²) in [5.74, 6) is -0.505. The molecule has 2 aromatic heterocycles. The first-order chi connectivity index (χ1) is 15.9. The van der Waals surface area contributed by atoms with Gasteiger partial charge in [0.15, 0.2) is 5.76 Å². The number of carbonyl (C=O) groups is 2. The molecule has 0 saturated carbocycles. The van der Waals surface area contributed by atoms with Crippen LogP contribution in [0.5, 0.6) is 0 Å². The molecule has 8 heteroatoms. The van der Waals surface area contributed by atoms with E-state index in [2.05, 4.69) is 27.0 Å². The quantitative estimate of drug-likeness (QED) is 0.486. The van der Waals surface area contributed by atoms with Crippen molar-refractivity contribution in [3.8, 4) is 0 Å². The summed E-state index contributed by atoms with van der Waals surface area (Å²) >= 11 is 7.92. The van der Waals surface area contributed by atoms with Crippen molar-refractivity contribution >= 4 is 34.8 Å². The fourth-order valence-electron chi connectivity index (χ4n) is 4.14. The number of fused-ring (bicyclic) bond motifs is 1. The first-order valence-corrected chi connectivity index (χ1v) is 12.3. The monoisotopic (exact) mass is 485 g/mol. The van der Waals surface area contributed by atoms with E-state index in [4.69, 9.17) is 16.0 Å². The zero-order chi connectivity index (χ0) is 23.4. The van der Waals surface area contributed by atoms with Crippen molar-refractivity contribution in [3.63, 3.8) is 0 Å². The summed E-state index contributed by atoms with van der Waals surface area (Å²) < 4.78 is 5.16. The van der Waals surface area contributed by atoms with E-state index >= 15 is 0 Å². The average molecular weight is 486 g/mol. The van der Waals surface area contributed by atoms with Crippen molar-refractivity contribution < 1.29 is 14.0 Å². The smallest absolute Gasteiger partial charge is 0.287 e. The molecule has 2 unspecified atom stereocenters. The van der Waals surface area contributed by atoms with Crippen molar-refractivity contribution in [2.45, 2.75) is 38.9 Å². The van der Waals surface area contributed by atoms with Gasteiger partial charge in [-0.25, -0.2) is 0 Å². The van der Waals surface area contributed by atoms with Gasteiger partial charge >= 0.3 is 0 Å².